The summed E-state index contributed by atoms with van der Waals surface area (Å²) < 4.78 is 66.6. The molecule has 0 aliphatic rings. The van der Waals surface area contributed by atoms with Gasteiger partial charge in [0, 0.05) is 48.5 Å². The van der Waals surface area contributed by atoms with E-state index in [4.69, 9.17) is 29.8 Å². The fourth-order valence-electron chi connectivity index (χ4n) is 2.90. The molecule has 0 fully saturated rings. The van der Waals surface area contributed by atoms with Crippen molar-refractivity contribution in [1.29, 1.82) is 0 Å². The Morgan fingerprint density at radius 2 is 1.71 bits per heavy atom. The molecular weight excluding hydrogens is 664 g/mol. The van der Waals surface area contributed by atoms with Crippen molar-refractivity contribution in [1.82, 2.24) is 29.5 Å². The second-order valence-electron chi connectivity index (χ2n) is 7.83. The average molecular weight is 686 g/mol. The lowest BCUT2D eigenvalue weighted by Crippen LogP contribution is -2.21. The van der Waals surface area contributed by atoms with E-state index >= 15 is 0 Å². The fraction of sp³-hybridized carbons (Fsp3) is 0.304. The smallest absolute Gasteiger partial charge is 0.475 e. The van der Waals surface area contributed by atoms with E-state index in [9.17, 15) is 26.3 Å². The van der Waals surface area contributed by atoms with Crippen molar-refractivity contribution in [2.24, 2.45) is 0 Å². The minimum absolute atomic E-state index is 0.689. The monoisotopic (exact) mass is 685 g/mol. The summed E-state index contributed by atoms with van der Waals surface area (Å²) in [6.45, 7) is 3.83. The second kappa shape index (κ2) is 15.4. The predicted octanol–water partition coefficient (Wildman–Crippen LogP) is 5.79. The van der Waals surface area contributed by atoms with Gasteiger partial charge in [0.05, 0.1) is 16.2 Å². The largest absolute Gasteiger partial charge is 0.490 e. The molecule has 0 amide bonds. The number of carboxylic acid groups (broad SMARTS) is 2. The van der Waals surface area contributed by atoms with Gasteiger partial charge in [0.1, 0.15) is 11.5 Å². The van der Waals surface area contributed by atoms with Crippen LogP contribution in [-0.2, 0) is 22.6 Å². The topological polar surface area (TPSA) is 159 Å². The molecule has 0 aliphatic carbocycles. The molecule has 19 heteroatoms. The Kier molecular flexibility index (Phi) is 12.6. The third-order valence-electron chi connectivity index (χ3n) is 4.77. The number of imidazole rings is 1. The van der Waals surface area contributed by atoms with Gasteiger partial charge in [-0.15, -0.1) is 0 Å². The zero-order valence-electron chi connectivity index (χ0n) is 21.4. The van der Waals surface area contributed by atoms with E-state index < -0.39 is 24.3 Å². The van der Waals surface area contributed by atoms with Crippen LogP contribution in [0.2, 0.25) is 0 Å². The van der Waals surface area contributed by atoms with Gasteiger partial charge in [0.25, 0.3) is 0 Å². The zero-order chi connectivity index (χ0) is 31.5. The van der Waals surface area contributed by atoms with Crippen molar-refractivity contribution in [3.63, 3.8) is 0 Å². The third-order valence-corrected chi connectivity index (χ3v) is 6.49. The van der Waals surface area contributed by atoms with Crippen molar-refractivity contribution in [2.75, 3.05) is 11.9 Å². The molecule has 0 saturated carbocycles. The number of hydrogen-bond donors (Lipinski definition) is 4. The number of nitrogens with zero attached hydrogens (tertiary/aromatic N) is 5. The number of hydrogen-bond acceptors (Lipinski definition) is 8. The van der Waals surface area contributed by atoms with Crippen LogP contribution in [0, 0.1) is 0 Å². The summed E-state index contributed by atoms with van der Waals surface area (Å²) in [6, 6.07) is 3.92. The van der Waals surface area contributed by atoms with Crippen LogP contribution in [0.25, 0.3) is 11.0 Å². The number of carbonyl (C=O) groups is 2. The maximum Gasteiger partial charge on any atom is 0.490 e. The number of rotatable bonds is 8. The van der Waals surface area contributed by atoms with Gasteiger partial charge in [-0.05, 0) is 52.7 Å². The van der Waals surface area contributed by atoms with Gasteiger partial charge in [-0.2, -0.15) is 26.3 Å². The number of aliphatic carboxylic acids is 2. The minimum Gasteiger partial charge on any atom is -0.475 e. The molecule has 0 aromatic carbocycles. The van der Waals surface area contributed by atoms with Crippen LogP contribution in [0.5, 0.6) is 0 Å². The maximum absolute atomic E-state index is 10.6. The van der Waals surface area contributed by atoms with E-state index in [1.54, 1.807) is 12.4 Å². The highest BCUT2D eigenvalue weighted by Crippen LogP contribution is 2.35. The summed E-state index contributed by atoms with van der Waals surface area (Å²) in [6.07, 6.45) is 0.878. The number of H-pyrrole nitrogens is 1. The number of alkyl halides is 6. The van der Waals surface area contributed by atoms with Crippen molar-refractivity contribution < 1.29 is 46.1 Å². The Bertz CT molecular complexity index is 1430. The molecule has 0 radical (unpaired) electrons. The summed E-state index contributed by atoms with van der Waals surface area (Å²) in [7, 11) is 0. The Morgan fingerprint density at radius 1 is 1.07 bits per heavy atom. The lowest BCUT2D eigenvalue weighted by Gasteiger charge is -2.09. The average Bonchev–Trinajstić information content (AvgIpc) is 3.54. The number of pyridine rings is 1. The van der Waals surface area contributed by atoms with Crippen LogP contribution < -0.4 is 5.32 Å². The molecule has 11 nitrogen and oxygen atoms in total. The van der Waals surface area contributed by atoms with Gasteiger partial charge < -0.3 is 25.1 Å². The standard InChI is InChI=1S/C19H20BrN7S.2C2HF3O2/c1-2-14-16(20)15-17(23-7-4-9-27-10-8-22-12-27)25-19(26-18(15)24-14)28-13-5-3-6-21-11-13;2*3-2(4,5)1(6)7/h3,5-6,8,10-12H,2,4,7,9H2,1H3,(H2,23,24,25,26);2*(H,6,7). The third kappa shape index (κ3) is 10.8. The number of aromatic amines is 1. The van der Waals surface area contributed by atoms with Gasteiger partial charge in [-0.25, -0.2) is 24.5 Å². The summed E-state index contributed by atoms with van der Waals surface area (Å²) in [5.74, 6) is -4.68. The molecule has 0 aliphatic heterocycles. The van der Waals surface area contributed by atoms with E-state index in [2.05, 4.69) is 47.7 Å². The maximum atomic E-state index is 10.6. The van der Waals surface area contributed by atoms with Gasteiger partial charge in [0.15, 0.2) is 5.16 Å². The zero-order valence-corrected chi connectivity index (χ0v) is 23.8. The highest BCUT2D eigenvalue weighted by molar-refractivity contribution is 9.10. The normalized spacial score (nSPS) is 11.2. The minimum atomic E-state index is -5.08. The van der Waals surface area contributed by atoms with Crippen LogP contribution in [-0.4, -0.2) is 70.5 Å². The molecule has 0 unspecified atom stereocenters. The summed E-state index contributed by atoms with van der Waals surface area (Å²) in [5.41, 5.74) is 1.96. The number of halogens is 7. The van der Waals surface area contributed by atoms with Crippen LogP contribution in [0.3, 0.4) is 0 Å². The van der Waals surface area contributed by atoms with E-state index in [0.29, 0.717) is 5.16 Å². The number of fused-ring (bicyclic) bond motifs is 1. The molecule has 42 heavy (non-hydrogen) atoms. The highest BCUT2D eigenvalue weighted by Gasteiger charge is 2.38. The van der Waals surface area contributed by atoms with Crippen LogP contribution in [0.4, 0.5) is 32.2 Å². The number of carboxylic acids is 2. The molecule has 228 valence electrons. The van der Waals surface area contributed by atoms with Crippen molar-refractivity contribution >= 4 is 56.5 Å². The van der Waals surface area contributed by atoms with Crippen LogP contribution in [0.15, 0.2) is 57.8 Å². The van der Waals surface area contributed by atoms with Gasteiger partial charge in [-0.3, -0.25) is 4.98 Å². The molecule has 4 aromatic rings. The van der Waals surface area contributed by atoms with Crippen molar-refractivity contribution in [3.8, 4) is 0 Å². The molecule has 0 saturated heterocycles. The number of aromatic nitrogens is 6. The predicted molar refractivity (Wildman–Crippen MR) is 142 cm³/mol. The lowest BCUT2D eigenvalue weighted by atomic mass is 10.3. The Hall–Kier alpha value is -3.87. The van der Waals surface area contributed by atoms with E-state index in [0.717, 1.165) is 57.8 Å². The quantitative estimate of drug-likeness (QED) is 0.102. The fourth-order valence-corrected chi connectivity index (χ4v) is 4.40. The molecule has 4 aromatic heterocycles. The Balaban J connectivity index is 0.000000367. The molecule has 4 rings (SSSR count). The van der Waals surface area contributed by atoms with E-state index in [1.807, 2.05) is 30.9 Å². The summed E-state index contributed by atoms with van der Waals surface area (Å²) in [4.78, 5) is 40.0. The van der Waals surface area contributed by atoms with Gasteiger partial charge in [-0.1, -0.05) is 6.92 Å². The number of aryl methyl sites for hydroxylation is 2. The van der Waals surface area contributed by atoms with Crippen molar-refractivity contribution in [2.45, 2.75) is 48.7 Å². The first-order chi connectivity index (χ1) is 19.6. The first-order valence-electron chi connectivity index (χ1n) is 11.6. The van der Waals surface area contributed by atoms with Crippen LogP contribution in [0.1, 0.15) is 19.0 Å². The SMILES string of the molecule is CCc1[nH]c2nc(Sc3cccnc3)nc(NCCCn3ccnc3)c2c1Br.O=C(O)C(F)(F)F.O=C(O)C(F)(F)F. The van der Waals surface area contributed by atoms with Crippen molar-refractivity contribution in [3.05, 3.63) is 53.4 Å². The second-order valence-corrected chi connectivity index (χ2v) is 9.66. The summed E-state index contributed by atoms with van der Waals surface area (Å²) in [5, 5.41) is 19.4. The molecular formula is C23H22BrF6N7O4S. The first-order valence-corrected chi connectivity index (χ1v) is 13.2. The molecule has 4 heterocycles. The lowest BCUT2D eigenvalue weighted by molar-refractivity contribution is -0.193. The first kappa shape index (κ1) is 34.3. The van der Waals surface area contributed by atoms with Gasteiger partial charge >= 0.3 is 24.3 Å². The molecule has 4 N–H and O–H groups in total. The Morgan fingerprint density at radius 3 is 2.21 bits per heavy atom. The Labute approximate surface area is 245 Å². The van der Waals surface area contributed by atoms with Gasteiger partial charge in [0.2, 0.25) is 0 Å². The number of anilines is 1. The molecule has 0 bridgehead atoms. The highest BCUT2D eigenvalue weighted by atomic mass is 79.9. The van der Waals surface area contributed by atoms with Crippen LogP contribution >= 0.6 is 27.7 Å². The summed E-state index contributed by atoms with van der Waals surface area (Å²) >= 11 is 5.22. The van der Waals surface area contributed by atoms with E-state index in [-0.39, 0.29) is 0 Å². The number of nitrogens with one attached hydrogen (secondary N) is 2. The molecule has 0 atom stereocenters. The van der Waals surface area contributed by atoms with E-state index in [1.165, 1.54) is 11.8 Å². The molecule has 0 spiro atoms.